The van der Waals surface area contributed by atoms with Gasteiger partial charge in [0.05, 0.1) is 6.54 Å². The fourth-order valence-electron chi connectivity index (χ4n) is 4.87. The number of hydrogen-bond donors (Lipinski definition) is 1. The Morgan fingerprint density at radius 3 is 2.08 bits per heavy atom. The van der Waals surface area contributed by atoms with Crippen molar-refractivity contribution in [2.75, 3.05) is 0 Å². The second-order valence-electron chi connectivity index (χ2n) is 10.1. The van der Waals surface area contributed by atoms with E-state index in [4.69, 9.17) is 15.7 Å². The summed E-state index contributed by atoms with van der Waals surface area (Å²) in [7, 11) is 2.13. The van der Waals surface area contributed by atoms with Gasteiger partial charge in [0.25, 0.3) is 0 Å². The molecule has 0 amide bonds. The molecular formula is C33H32BN3. The van der Waals surface area contributed by atoms with Gasteiger partial charge in [-0.05, 0) is 40.5 Å². The van der Waals surface area contributed by atoms with Crippen molar-refractivity contribution in [1.82, 2.24) is 0 Å². The summed E-state index contributed by atoms with van der Waals surface area (Å²) < 4.78 is 0. The molecule has 0 saturated carbocycles. The van der Waals surface area contributed by atoms with E-state index >= 15 is 0 Å². The minimum Gasteiger partial charge on any atom is -0.383 e. The third-order valence-corrected chi connectivity index (χ3v) is 7.19. The van der Waals surface area contributed by atoms with Crippen LogP contribution in [-0.2, 0) is 12.0 Å². The molecule has 4 heteroatoms. The van der Waals surface area contributed by atoms with Crippen LogP contribution in [0.1, 0.15) is 47.6 Å². The summed E-state index contributed by atoms with van der Waals surface area (Å²) >= 11 is 0. The van der Waals surface area contributed by atoms with E-state index in [0.29, 0.717) is 18.2 Å². The van der Waals surface area contributed by atoms with Crippen LogP contribution in [-0.4, -0.2) is 19.5 Å². The average Bonchev–Trinajstić information content (AvgIpc) is 3.35. The zero-order valence-corrected chi connectivity index (χ0v) is 21.6. The molecular weight excluding hydrogens is 449 g/mol. The van der Waals surface area contributed by atoms with Gasteiger partial charge in [-0.15, -0.1) is 0 Å². The molecule has 0 saturated heterocycles. The summed E-state index contributed by atoms with van der Waals surface area (Å²) in [6, 6.07) is 37.6. The van der Waals surface area contributed by atoms with Crippen molar-refractivity contribution in [3.05, 3.63) is 143 Å². The van der Waals surface area contributed by atoms with Crippen molar-refractivity contribution >= 4 is 30.6 Å². The minimum atomic E-state index is 0.117. The quantitative estimate of drug-likeness (QED) is 0.223. The predicted octanol–water partition coefficient (Wildman–Crippen LogP) is 5.43. The molecule has 182 valence electrons. The van der Waals surface area contributed by atoms with Crippen molar-refractivity contribution < 1.29 is 0 Å². The van der Waals surface area contributed by atoms with E-state index in [1.165, 1.54) is 22.2 Å². The highest BCUT2D eigenvalue weighted by atomic mass is 15.0. The van der Waals surface area contributed by atoms with Gasteiger partial charge in [-0.3, -0.25) is 4.99 Å². The first-order valence-corrected chi connectivity index (χ1v) is 12.9. The van der Waals surface area contributed by atoms with Crippen molar-refractivity contribution in [2.45, 2.75) is 31.7 Å². The van der Waals surface area contributed by atoms with Gasteiger partial charge in [0.2, 0.25) is 0 Å². The lowest BCUT2D eigenvalue weighted by Gasteiger charge is -2.25. The summed E-state index contributed by atoms with van der Waals surface area (Å²) in [4.78, 5) is 9.58. The maximum absolute atomic E-state index is 6.33. The third-order valence-electron chi connectivity index (χ3n) is 7.19. The fraction of sp³-hybridized carbons (Fsp3) is 0.152. The Hall–Kier alpha value is -4.18. The smallest absolute Gasteiger partial charge is 0.157 e. The topological polar surface area (TPSA) is 50.7 Å². The second kappa shape index (κ2) is 10.8. The van der Waals surface area contributed by atoms with Crippen LogP contribution in [0.3, 0.4) is 0 Å². The molecule has 1 unspecified atom stereocenters. The number of allylic oxidation sites excluding steroid dienone is 2. The zero-order valence-electron chi connectivity index (χ0n) is 21.6. The first kappa shape index (κ1) is 24.5. The molecule has 1 atom stereocenters. The third kappa shape index (κ3) is 5.81. The van der Waals surface area contributed by atoms with Crippen LogP contribution in [0.25, 0.3) is 5.57 Å². The molecule has 0 heterocycles. The highest BCUT2D eigenvalue weighted by Crippen LogP contribution is 2.43. The van der Waals surface area contributed by atoms with Crippen LogP contribution < -0.4 is 11.2 Å². The number of nitrogens with two attached hydrogens (primary N) is 1. The van der Waals surface area contributed by atoms with E-state index in [2.05, 4.69) is 69.4 Å². The molecule has 0 aliphatic heterocycles. The first-order valence-electron chi connectivity index (χ1n) is 12.9. The van der Waals surface area contributed by atoms with Crippen LogP contribution in [0.4, 0.5) is 0 Å². The molecule has 5 rings (SSSR count). The summed E-state index contributed by atoms with van der Waals surface area (Å²) in [5.74, 6) is 1.10. The molecule has 0 spiro atoms. The molecule has 1 aliphatic rings. The Morgan fingerprint density at radius 1 is 0.811 bits per heavy atom. The SMILES string of the molecule is Bc1ccc(C2=CCC(C)(c3ccc(C/N=C(\N=C(/N)c4ccccc4)c4ccccc4)cc3)C2)cc1. The zero-order chi connectivity index (χ0) is 25.7. The lowest BCUT2D eigenvalue weighted by molar-refractivity contribution is 0.515. The molecule has 37 heavy (non-hydrogen) atoms. The standard InChI is InChI=1S/C33H32BN3/c1-33(21-20-28(22-33)25-14-18-30(34)19-15-25)29-16-12-24(13-17-29)23-36-32(27-10-6-3-7-11-27)37-31(35)26-8-4-2-5-9-26/h2-20H,21-23,34H2,1H3,(H2,35,36,37). The molecule has 1 aliphatic carbocycles. The summed E-state index contributed by atoms with van der Waals surface area (Å²) in [5, 5.41) is 0. The number of amidine groups is 2. The Bertz CT molecular complexity index is 1440. The van der Waals surface area contributed by atoms with Gasteiger partial charge in [0.15, 0.2) is 5.84 Å². The second-order valence-corrected chi connectivity index (χ2v) is 10.1. The number of benzene rings is 4. The molecule has 0 bridgehead atoms. The van der Waals surface area contributed by atoms with Gasteiger partial charge < -0.3 is 5.73 Å². The van der Waals surface area contributed by atoms with Gasteiger partial charge in [-0.1, -0.05) is 128 Å². The van der Waals surface area contributed by atoms with Crippen LogP contribution in [0.5, 0.6) is 0 Å². The number of rotatable bonds is 6. The van der Waals surface area contributed by atoms with Gasteiger partial charge in [-0.25, -0.2) is 4.99 Å². The molecule has 4 aromatic rings. The average molecular weight is 481 g/mol. The molecule has 2 N–H and O–H groups in total. The highest BCUT2D eigenvalue weighted by molar-refractivity contribution is 6.32. The van der Waals surface area contributed by atoms with Crippen LogP contribution in [0.15, 0.2) is 125 Å². The Morgan fingerprint density at radius 2 is 1.43 bits per heavy atom. The minimum absolute atomic E-state index is 0.117. The number of nitrogens with zero attached hydrogens (tertiary/aromatic N) is 2. The summed E-state index contributed by atoms with van der Waals surface area (Å²) in [5.41, 5.74) is 14.9. The molecule has 0 fully saturated rings. The lowest BCUT2D eigenvalue weighted by atomic mass is 9.78. The van der Waals surface area contributed by atoms with Crippen molar-refractivity contribution in [2.24, 2.45) is 15.7 Å². The number of hydrogen-bond acceptors (Lipinski definition) is 1. The number of aliphatic imine (C=N–C) groups is 2. The van der Waals surface area contributed by atoms with Crippen molar-refractivity contribution in [3.63, 3.8) is 0 Å². The highest BCUT2D eigenvalue weighted by Gasteiger charge is 2.31. The Kier molecular flexibility index (Phi) is 7.18. The maximum atomic E-state index is 6.33. The van der Waals surface area contributed by atoms with E-state index in [0.717, 1.165) is 29.5 Å². The molecule has 4 aromatic carbocycles. The van der Waals surface area contributed by atoms with E-state index in [1.54, 1.807) is 0 Å². The molecule has 0 radical (unpaired) electrons. The molecule has 0 aromatic heterocycles. The van der Waals surface area contributed by atoms with Gasteiger partial charge in [0, 0.05) is 11.1 Å². The first-order chi connectivity index (χ1) is 18.0. The Balaban J connectivity index is 1.33. The maximum Gasteiger partial charge on any atom is 0.157 e. The lowest BCUT2D eigenvalue weighted by Crippen LogP contribution is -2.18. The van der Waals surface area contributed by atoms with Gasteiger partial charge in [0.1, 0.15) is 13.7 Å². The van der Waals surface area contributed by atoms with Gasteiger partial charge >= 0.3 is 0 Å². The van der Waals surface area contributed by atoms with E-state index in [9.17, 15) is 0 Å². The van der Waals surface area contributed by atoms with E-state index in [-0.39, 0.29) is 5.41 Å². The van der Waals surface area contributed by atoms with Gasteiger partial charge in [-0.2, -0.15) is 0 Å². The predicted molar refractivity (Wildman–Crippen MR) is 159 cm³/mol. The van der Waals surface area contributed by atoms with Crippen LogP contribution >= 0.6 is 0 Å². The van der Waals surface area contributed by atoms with E-state index < -0.39 is 0 Å². The van der Waals surface area contributed by atoms with Crippen molar-refractivity contribution in [1.29, 1.82) is 0 Å². The monoisotopic (exact) mass is 481 g/mol. The molecule has 3 nitrogen and oxygen atoms in total. The van der Waals surface area contributed by atoms with Crippen LogP contribution in [0.2, 0.25) is 0 Å². The summed E-state index contributed by atoms with van der Waals surface area (Å²) in [6.07, 6.45) is 4.52. The summed E-state index contributed by atoms with van der Waals surface area (Å²) in [6.45, 7) is 2.91. The largest absolute Gasteiger partial charge is 0.383 e. The van der Waals surface area contributed by atoms with Crippen molar-refractivity contribution in [3.8, 4) is 0 Å². The van der Waals surface area contributed by atoms with E-state index in [1.807, 2.05) is 60.7 Å². The fourth-order valence-corrected chi connectivity index (χ4v) is 4.87. The normalized spacial score (nSPS) is 18.0. The Labute approximate surface area is 220 Å². The van der Waals surface area contributed by atoms with Crippen LogP contribution in [0, 0.1) is 0 Å².